The van der Waals surface area contributed by atoms with Gasteiger partial charge in [-0.25, -0.2) is 4.98 Å². The van der Waals surface area contributed by atoms with Gasteiger partial charge in [0.25, 0.3) is 0 Å². The number of amides is 1. The number of anilines is 2. The minimum absolute atomic E-state index is 0.0606. The molecule has 3 fully saturated rings. The third kappa shape index (κ3) is 4.96. The first-order chi connectivity index (χ1) is 18.5. The van der Waals surface area contributed by atoms with Crippen LogP contribution in [0.3, 0.4) is 0 Å². The van der Waals surface area contributed by atoms with Crippen LogP contribution in [0.2, 0.25) is 5.02 Å². The number of carbonyl (C=O) groups is 1. The van der Waals surface area contributed by atoms with Gasteiger partial charge in [-0.05, 0) is 49.3 Å². The molecule has 3 unspecified atom stereocenters. The van der Waals surface area contributed by atoms with Crippen molar-refractivity contribution in [3.63, 3.8) is 0 Å². The van der Waals surface area contributed by atoms with Gasteiger partial charge in [-0.1, -0.05) is 11.6 Å². The molecule has 1 amide bonds. The Balaban J connectivity index is 1.15. The van der Waals surface area contributed by atoms with Crippen LogP contribution >= 0.6 is 11.6 Å². The molecular formula is C27H30ClF3N6O2. The maximum absolute atomic E-state index is 13.5. The zero-order chi connectivity index (χ0) is 27.5. The van der Waals surface area contributed by atoms with E-state index in [0.717, 1.165) is 67.0 Å². The summed E-state index contributed by atoms with van der Waals surface area (Å²) in [6.45, 7) is 7.35. The first-order valence-electron chi connectivity index (χ1n) is 13.1. The lowest BCUT2D eigenvalue weighted by Crippen LogP contribution is -2.56. The van der Waals surface area contributed by atoms with Crippen molar-refractivity contribution in [2.45, 2.75) is 37.4 Å². The van der Waals surface area contributed by atoms with Gasteiger partial charge < -0.3 is 15.0 Å². The number of alkyl halides is 3. The van der Waals surface area contributed by atoms with Crippen LogP contribution in [-0.4, -0.2) is 70.5 Å². The van der Waals surface area contributed by atoms with E-state index >= 15 is 0 Å². The van der Waals surface area contributed by atoms with Crippen LogP contribution in [0, 0.1) is 5.92 Å². The van der Waals surface area contributed by atoms with Crippen LogP contribution in [-0.2, 0) is 22.8 Å². The SMILES string of the molecule is Cn1ncc(C2CC2C(=O)Nc2cc3cc(N4CCN(C5(C)CCOC5)CC4)c(Cl)cc3cn2)c1C(F)(F)F. The number of piperazine rings is 1. The van der Waals surface area contributed by atoms with Crippen LogP contribution in [0.5, 0.6) is 0 Å². The lowest BCUT2D eigenvalue weighted by Gasteiger charge is -2.44. The minimum atomic E-state index is -4.53. The Morgan fingerprint density at radius 2 is 1.92 bits per heavy atom. The van der Waals surface area contributed by atoms with E-state index < -0.39 is 23.7 Å². The molecule has 1 aromatic carbocycles. The number of nitrogens with one attached hydrogen (secondary N) is 1. The first kappa shape index (κ1) is 26.3. The summed E-state index contributed by atoms with van der Waals surface area (Å²) in [6.07, 6.45) is -0.295. The Bertz CT molecular complexity index is 1410. The number of benzene rings is 1. The molecule has 208 valence electrons. The van der Waals surface area contributed by atoms with Crippen molar-refractivity contribution < 1.29 is 22.7 Å². The fourth-order valence-electron chi connectivity index (χ4n) is 5.98. The molecule has 0 radical (unpaired) electrons. The third-order valence-corrected chi connectivity index (χ3v) is 8.69. The number of ether oxygens (including phenoxy) is 1. The van der Waals surface area contributed by atoms with Crippen molar-refractivity contribution in [2.24, 2.45) is 13.0 Å². The number of pyridine rings is 1. The Morgan fingerprint density at radius 3 is 2.62 bits per heavy atom. The average Bonchev–Trinajstić information content (AvgIpc) is 3.40. The quantitative estimate of drug-likeness (QED) is 0.487. The van der Waals surface area contributed by atoms with Gasteiger partial charge >= 0.3 is 6.18 Å². The van der Waals surface area contributed by atoms with Crippen LogP contribution in [0.15, 0.2) is 30.6 Å². The summed E-state index contributed by atoms with van der Waals surface area (Å²) in [5.41, 5.74) is 0.274. The molecule has 1 aliphatic carbocycles. The number of hydrogen-bond donors (Lipinski definition) is 1. The van der Waals surface area contributed by atoms with Crippen molar-refractivity contribution in [1.29, 1.82) is 0 Å². The molecule has 1 N–H and O–H groups in total. The van der Waals surface area contributed by atoms with E-state index in [0.29, 0.717) is 17.3 Å². The highest BCUT2D eigenvalue weighted by molar-refractivity contribution is 6.34. The summed E-state index contributed by atoms with van der Waals surface area (Å²) in [5.74, 6) is -1.07. The standard InChI is InChI=1S/C27H30ClF3N6O2/c1-26(3-8-39-15-26)37-6-4-36(5-7-37)22-10-16-11-23(32-13-17(16)9-21(22)28)34-25(38)19-12-18(19)20-14-33-35(2)24(20)27(29,30)31/h9-11,13-14,18-19H,3-8,12,15H2,1-2H3,(H,32,34,38). The molecule has 4 heterocycles. The van der Waals surface area contributed by atoms with Gasteiger partial charge in [0.2, 0.25) is 5.91 Å². The van der Waals surface area contributed by atoms with E-state index in [9.17, 15) is 18.0 Å². The van der Waals surface area contributed by atoms with Gasteiger partial charge in [-0.15, -0.1) is 0 Å². The molecule has 0 bridgehead atoms. The monoisotopic (exact) mass is 562 g/mol. The molecule has 39 heavy (non-hydrogen) atoms. The Hall–Kier alpha value is -2.89. The summed E-state index contributed by atoms with van der Waals surface area (Å²) in [6, 6.07) is 5.67. The average molecular weight is 563 g/mol. The molecule has 0 spiro atoms. The lowest BCUT2D eigenvalue weighted by atomic mass is 9.98. The third-order valence-electron chi connectivity index (χ3n) is 8.38. The van der Waals surface area contributed by atoms with Crippen molar-refractivity contribution >= 4 is 39.8 Å². The zero-order valence-electron chi connectivity index (χ0n) is 21.8. The molecule has 8 nitrogen and oxygen atoms in total. The molecule has 12 heteroatoms. The molecule has 3 aliphatic rings. The number of aryl methyl sites for hydroxylation is 1. The molecule has 2 saturated heterocycles. The smallest absolute Gasteiger partial charge is 0.379 e. The second-order valence-corrected chi connectivity index (χ2v) is 11.4. The zero-order valence-corrected chi connectivity index (χ0v) is 22.5. The number of fused-ring (bicyclic) bond motifs is 1. The summed E-state index contributed by atoms with van der Waals surface area (Å²) < 4.78 is 46.8. The summed E-state index contributed by atoms with van der Waals surface area (Å²) in [4.78, 5) is 22.0. The van der Waals surface area contributed by atoms with Crippen molar-refractivity contribution in [2.75, 3.05) is 49.6 Å². The molecule has 3 aromatic rings. The molecule has 3 atom stereocenters. The number of rotatable bonds is 5. The van der Waals surface area contributed by atoms with Gasteiger partial charge in [0.15, 0.2) is 0 Å². The normalized spacial score (nSPS) is 25.8. The van der Waals surface area contributed by atoms with Crippen LogP contribution < -0.4 is 10.2 Å². The number of aromatic nitrogens is 3. The van der Waals surface area contributed by atoms with E-state index in [-0.39, 0.29) is 17.0 Å². The van der Waals surface area contributed by atoms with E-state index in [1.807, 2.05) is 12.1 Å². The number of carbonyl (C=O) groups excluding carboxylic acids is 1. The van der Waals surface area contributed by atoms with Gasteiger partial charge in [0.05, 0.1) is 23.5 Å². The number of halogens is 4. The maximum atomic E-state index is 13.5. The lowest BCUT2D eigenvalue weighted by molar-refractivity contribution is -0.144. The van der Waals surface area contributed by atoms with Gasteiger partial charge in [-0.2, -0.15) is 18.3 Å². The highest BCUT2D eigenvalue weighted by atomic mass is 35.5. The Morgan fingerprint density at radius 1 is 1.15 bits per heavy atom. The highest BCUT2D eigenvalue weighted by Gasteiger charge is 2.50. The Kier molecular flexibility index (Phi) is 6.51. The van der Waals surface area contributed by atoms with Crippen molar-refractivity contribution in [3.8, 4) is 0 Å². The maximum Gasteiger partial charge on any atom is 0.433 e. The van der Waals surface area contributed by atoms with Gasteiger partial charge in [0.1, 0.15) is 11.5 Å². The fraction of sp³-hybridized carbons (Fsp3) is 0.519. The largest absolute Gasteiger partial charge is 0.433 e. The summed E-state index contributed by atoms with van der Waals surface area (Å²) in [7, 11) is 1.26. The van der Waals surface area contributed by atoms with Crippen LogP contribution in [0.25, 0.3) is 10.8 Å². The molecule has 2 aliphatic heterocycles. The van der Waals surface area contributed by atoms with E-state index in [1.165, 1.54) is 13.2 Å². The predicted molar refractivity (Wildman–Crippen MR) is 142 cm³/mol. The fourth-order valence-corrected chi connectivity index (χ4v) is 6.27. The van der Waals surface area contributed by atoms with Gasteiger partial charge in [-0.3, -0.25) is 14.4 Å². The first-order valence-corrected chi connectivity index (χ1v) is 13.5. The topological polar surface area (TPSA) is 75.5 Å². The second-order valence-electron chi connectivity index (χ2n) is 11.0. The molecule has 1 saturated carbocycles. The van der Waals surface area contributed by atoms with Crippen LogP contribution in [0.4, 0.5) is 24.7 Å². The van der Waals surface area contributed by atoms with E-state index in [1.54, 1.807) is 12.3 Å². The van der Waals surface area contributed by atoms with Crippen molar-refractivity contribution in [1.82, 2.24) is 19.7 Å². The highest BCUT2D eigenvalue weighted by Crippen LogP contribution is 2.51. The molecular weight excluding hydrogens is 533 g/mol. The summed E-state index contributed by atoms with van der Waals surface area (Å²) >= 11 is 6.66. The molecule has 2 aromatic heterocycles. The number of nitrogens with zero attached hydrogens (tertiary/aromatic N) is 5. The molecule has 6 rings (SSSR count). The second kappa shape index (κ2) is 9.64. The van der Waals surface area contributed by atoms with Gasteiger partial charge in [0, 0.05) is 68.4 Å². The minimum Gasteiger partial charge on any atom is -0.379 e. The van der Waals surface area contributed by atoms with E-state index in [2.05, 4.69) is 32.1 Å². The Labute approximate surface area is 229 Å². The van der Waals surface area contributed by atoms with E-state index in [4.69, 9.17) is 16.3 Å². The van der Waals surface area contributed by atoms with Crippen LogP contribution in [0.1, 0.15) is 36.9 Å². The summed E-state index contributed by atoms with van der Waals surface area (Å²) in [5, 5.41) is 8.91. The predicted octanol–water partition coefficient (Wildman–Crippen LogP) is 4.68. The van der Waals surface area contributed by atoms with Crippen molar-refractivity contribution in [3.05, 3.63) is 46.9 Å². The number of hydrogen-bond acceptors (Lipinski definition) is 6.